The van der Waals surface area contributed by atoms with Gasteiger partial charge < -0.3 is 9.84 Å². The van der Waals surface area contributed by atoms with Crippen molar-refractivity contribution in [3.63, 3.8) is 0 Å². The minimum Gasteiger partial charge on any atom is -0.356 e. The fourth-order valence-corrected chi connectivity index (χ4v) is 1.75. The largest absolute Gasteiger partial charge is 0.356 e. The van der Waals surface area contributed by atoms with Gasteiger partial charge in [-0.3, -0.25) is 0 Å². The maximum absolute atomic E-state index is 13.2. The summed E-state index contributed by atoms with van der Waals surface area (Å²) in [5.41, 5.74) is 1.66. The molecule has 0 unspecified atom stereocenters. The van der Waals surface area contributed by atoms with Gasteiger partial charge in [-0.1, -0.05) is 31.1 Å². The Labute approximate surface area is 106 Å². The molecule has 0 radical (unpaired) electrons. The van der Waals surface area contributed by atoms with Crippen LogP contribution in [-0.2, 0) is 6.54 Å². The van der Waals surface area contributed by atoms with E-state index in [0.29, 0.717) is 23.8 Å². The third-order valence-corrected chi connectivity index (χ3v) is 2.60. The van der Waals surface area contributed by atoms with E-state index in [1.165, 1.54) is 12.1 Å². The molecular formula is C14H17FN2O. The van der Waals surface area contributed by atoms with E-state index in [1.807, 2.05) is 6.07 Å². The van der Waals surface area contributed by atoms with Gasteiger partial charge in [-0.25, -0.2) is 4.39 Å². The van der Waals surface area contributed by atoms with Crippen LogP contribution in [0.2, 0.25) is 0 Å². The lowest BCUT2D eigenvalue weighted by atomic mass is 10.1. The third kappa shape index (κ3) is 3.17. The van der Waals surface area contributed by atoms with Gasteiger partial charge in [0.15, 0.2) is 5.76 Å². The summed E-state index contributed by atoms with van der Waals surface area (Å²) in [7, 11) is 0. The summed E-state index contributed by atoms with van der Waals surface area (Å²) < 4.78 is 18.4. The predicted octanol–water partition coefficient (Wildman–Crippen LogP) is 3.23. The normalized spacial score (nSPS) is 11.1. The van der Waals surface area contributed by atoms with Crippen LogP contribution in [0.1, 0.15) is 19.4 Å². The predicted molar refractivity (Wildman–Crippen MR) is 68.4 cm³/mol. The molecule has 0 aliphatic carbocycles. The van der Waals surface area contributed by atoms with E-state index in [0.717, 1.165) is 12.1 Å². The molecule has 0 saturated heterocycles. The Morgan fingerprint density at radius 2 is 2.22 bits per heavy atom. The fraction of sp³-hybridized carbons (Fsp3) is 0.357. The second-order valence-electron chi connectivity index (χ2n) is 4.72. The van der Waals surface area contributed by atoms with E-state index >= 15 is 0 Å². The van der Waals surface area contributed by atoms with Crippen molar-refractivity contribution in [1.29, 1.82) is 0 Å². The third-order valence-electron chi connectivity index (χ3n) is 2.60. The van der Waals surface area contributed by atoms with Gasteiger partial charge in [0.25, 0.3) is 0 Å². The molecule has 0 atom stereocenters. The van der Waals surface area contributed by atoms with Crippen molar-refractivity contribution < 1.29 is 8.91 Å². The molecule has 0 aliphatic rings. The zero-order chi connectivity index (χ0) is 13.0. The summed E-state index contributed by atoms with van der Waals surface area (Å²) in [5.74, 6) is 0.943. The molecule has 1 aromatic carbocycles. The van der Waals surface area contributed by atoms with E-state index in [2.05, 4.69) is 24.3 Å². The van der Waals surface area contributed by atoms with Crippen molar-refractivity contribution >= 4 is 0 Å². The molecule has 2 rings (SSSR count). The molecule has 0 bridgehead atoms. The van der Waals surface area contributed by atoms with E-state index in [9.17, 15) is 4.39 Å². The molecule has 0 spiro atoms. The zero-order valence-corrected chi connectivity index (χ0v) is 10.6. The maximum Gasteiger partial charge on any atom is 0.171 e. The van der Waals surface area contributed by atoms with Gasteiger partial charge in [-0.05, 0) is 24.6 Å². The van der Waals surface area contributed by atoms with E-state index in [-0.39, 0.29) is 5.82 Å². The standard InChI is InChI=1S/C14H17FN2O/c1-10(2)7-16-8-12-9-17-18-14(12)11-4-3-5-13(15)6-11/h3-6,9-10,16H,7-8H2,1-2H3. The van der Waals surface area contributed by atoms with Gasteiger partial charge >= 0.3 is 0 Å². The van der Waals surface area contributed by atoms with Gasteiger partial charge in [0.2, 0.25) is 0 Å². The lowest BCUT2D eigenvalue weighted by molar-refractivity contribution is 0.431. The average Bonchev–Trinajstić information content (AvgIpc) is 2.77. The zero-order valence-electron chi connectivity index (χ0n) is 10.6. The van der Waals surface area contributed by atoms with Crippen molar-refractivity contribution in [2.75, 3.05) is 6.54 Å². The van der Waals surface area contributed by atoms with Crippen molar-refractivity contribution in [2.45, 2.75) is 20.4 Å². The molecule has 0 aliphatic heterocycles. The first kappa shape index (κ1) is 12.8. The fourth-order valence-electron chi connectivity index (χ4n) is 1.75. The van der Waals surface area contributed by atoms with Crippen molar-refractivity contribution in [3.8, 4) is 11.3 Å². The molecule has 4 heteroatoms. The summed E-state index contributed by atoms with van der Waals surface area (Å²) in [4.78, 5) is 0. The highest BCUT2D eigenvalue weighted by Gasteiger charge is 2.11. The summed E-state index contributed by atoms with van der Waals surface area (Å²) >= 11 is 0. The number of halogens is 1. The van der Waals surface area contributed by atoms with Gasteiger partial charge in [-0.15, -0.1) is 0 Å². The molecule has 3 nitrogen and oxygen atoms in total. The SMILES string of the molecule is CC(C)CNCc1cnoc1-c1cccc(F)c1. The van der Waals surface area contributed by atoms with Gasteiger partial charge in [0.1, 0.15) is 5.82 Å². The molecule has 0 fully saturated rings. The molecule has 1 heterocycles. The van der Waals surface area contributed by atoms with Crippen molar-refractivity contribution in [1.82, 2.24) is 10.5 Å². The summed E-state index contributed by atoms with van der Waals surface area (Å²) in [6, 6.07) is 6.34. The van der Waals surface area contributed by atoms with Crippen LogP contribution in [0.5, 0.6) is 0 Å². The first-order valence-electron chi connectivity index (χ1n) is 6.07. The Kier molecular flexibility index (Phi) is 4.10. The number of nitrogens with zero attached hydrogens (tertiary/aromatic N) is 1. The van der Waals surface area contributed by atoms with E-state index in [1.54, 1.807) is 12.3 Å². The number of hydrogen-bond donors (Lipinski definition) is 1. The second-order valence-corrected chi connectivity index (χ2v) is 4.72. The highest BCUT2D eigenvalue weighted by molar-refractivity contribution is 5.60. The smallest absolute Gasteiger partial charge is 0.171 e. The van der Waals surface area contributed by atoms with Crippen LogP contribution >= 0.6 is 0 Å². The lowest BCUT2D eigenvalue weighted by Gasteiger charge is -2.06. The summed E-state index contributed by atoms with van der Waals surface area (Å²) in [6.45, 7) is 5.89. The highest BCUT2D eigenvalue weighted by Crippen LogP contribution is 2.23. The van der Waals surface area contributed by atoms with Crippen LogP contribution in [-0.4, -0.2) is 11.7 Å². The van der Waals surface area contributed by atoms with Crippen molar-refractivity contribution in [2.24, 2.45) is 5.92 Å². The molecule has 1 aromatic heterocycles. The average molecular weight is 248 g/mol. The Bertz CT molecular complexity index is 508. The van der Waals surface area contributed by atoms with Crippen LogP contribution in [0.15, 0.2) is 35.0 Å². The summed E-state index contributed by atoms with van der Waals surface area (Å²) in [5, 5.41) is 7.11. The minimum atomic E-state index is -0.273. The molecule has 96 valence electrons. The van der Waals surface area contributed by atoms with Crippen LogP contribution < -0.4 is 5.32 Å². The van der Waals surface area contributed by atoms with Gasteiger partial charge in [0.05, 0.1) is 6.20 Å². The van der Waals surface area contributed by atoms with Gasteiger partial charge in [0, 0.05) is 17.7 Å². The summed E-state index contributed by atoms with van der Waals surface area (Å²) in [6.07, 6.45) is 1.67. The second kappa shape index (κ2) is 5.78. The Balaban J connectivity index is 2.12. The lowest BCUT2D eigenvalue weighted by Crippen LogP contribution is -2.18. The number of rotatable bonds is 5. The molecule has 18 heavy (non-hydrogen) atoms. The molecular weight excluding hydrogens is 231 g/mol. The Hall–Kier alpha value is -1.68. The number of benzene rings is 1. The van der Waals surface area contributed by atoms with Crippen LogP contribution in [0.3, 0.4) is 0 Å². The number of aromatic nitrogens is 1. The van der Waals surface area contributed by atoms with Crippen LogP contribution in [0.4, 0.5) is 4.39 Å². The van der Waals surface area contributed by atoms with Gasteiger partial charge in [-0.2, -0.15) is 0 Å². The molecule has 1 N–H and O–H groups in total. The first-order chi connectivity index (χ1) is 8.66. The van der Waals surface area contributed by atoms with Crippen LogP contribution in [0, 0.1) is 11.7 Å². The Morgan fingerprint density at radius 3 is 2.94 bits per heavy atom. The first-order valence-corrected chi connectivity index (χ1v) is 6.07. The molecule has 0 saturated carbocycles. The number of nitrogens with one attached hydrogen (secondary N) is 1. The number of hydrogen-bond acceptors (Lipinski definition) is 3. The van der Waals surface area contributed by atoms with E-state index in [4.69, 9.17) is 4.52 Å². The minimum absolute atomic E-state index is 0.273. The quantitative estimate of drug-likeness (QED) is 0.882. The monoisotopic (exact) mass is 248 g/mol. The maximum atomic E-state index is 13.2. The molecule has 2 aromatic rings. The Morgan fingerprint density at radius 1 is 1.39 bits per heavy atom. The highest BCUT2D eigenvalue weighted by atomic mass is 19.1. The van der Waals surface area contributed by atoms with E-state index < -0.39 is 0 Å². The molecule has 0 amide bonds. The topological polar surface area (TPSA) is 38.1 Å². The van der Waals surface area contributed by atoms with Crippen LogP contribution in [0.25, 0.3) is 11.3 Å². The van der Waals surface area contributed by atoms with Crippen molar-refractivity contribution in [3.05, 3.63) is 41.8 Å².